The average molecular weight is 412 g/mol. The summed E-state index contributed by atoms with van der Waals surface area (Å²) in [6.45, 7) is 0. The predicted molar refractivity (Wildman–Crippen MR) is 118 cm³/mol. The van der Waals surface area contributed by atoms with Crippen LogP contribution >= 0.6 is 0 Å². The van der Waals surface area contributed by atoms with E-state index in [0.717, 1.165) is 25.7 Å². The molecule has 1 aromatic carbocycles. The molecule has 0 unspecified atom stereocenters. The predicted octanol–water partition coefficient (Wildman–Crippen LogP) is 5.08. The smallest absolute Gasteiger partial charge is 0.339 e. The Bertz CT molecular complexity index is 755. The lowest BCUT2D eigenvalue weighted by atomic mass is 9.98. The van der Waals surface area contributed by atoms with E-state index in [1.54, 1.807) is 24.3 Å². The second-order valence-corrected chi connectivity index (χ2v) is 7.78. The Morgan fingerprint density at radius 2 is 1.57 bits per heavy atom. The van der Waals surface area contributed by atoms with Crippen LogP contribution in [-0.4, -0.2) is 25.0 Å². The molecule has 0 aromatic heterocycles. The van der Waals surface area contributed by atoms with Crippen LogP contribution in [0.25, 0.3) is 0 Å². The first-order chi connectivity index (χ1) is 14.7. The molecule has 0 bridgehead atoms. The van der Waals surface area contributed by atoms with Crippen LogP contribution < -0.4 is 10.6 Å². The molecule has 0 aliphatic heterocycles. The fourth-order valence-corrected chi connectivity index (χ4v) is 3.75. The highest BCUT2D eigenvalue weighted by atomic mass is 16.5. The van der Waals surface area contributed by atoms with Crippen molar-refractivity contribution in [3.05, 3.63) is 41.6 Å². The summed E-state index contributed by atoms with van der Waals surface area (Å²) in [5.41, 5.74) is 0.556. The fourth-order valence-electron chi connectivity index (χ4n) is 3.75. The number of rotatable bonds is 5. The van der Waals surface area contributed by atoms with Crippen molar-refractivity contribution in [1.29, 1.82) is 5.26 Å². The van der Waals surface area contributed by atoms with E-state index in [1.165, 1.54) is 58.3 Å². The Kier molecular flexibility index (Phi) is 10.5. The molecule has 0 heterocycles. The number of anilines is 1. The topological polar surface area (TPSA) is 91.2 Å². The van der Waals surface area contributed by atoms with Gasteiger partial charge in [0.1, 0.15) is 11.6 Å². The molecule has 0 radical (unpaired) electrons. The lowest BCUT2D eigenvalue weighted by molar-refractivity contribution is -0.112. The lowest BCUT2D eigenvalue weighted by Crippen LogP contribution is -2.26. The summed E-state index contributed by atoms with van der Waals surface area (Å²) in [6.07, 6.45) is 15.0. The molecular formula is C24H33N3O3. The third kappa shape index (κ3) is 7.90. The number of nitriles is 1. The SMILES string of the molecule is COC(=O)c1ccccc1NC(=O)/C(C#N)=C\NC1CCCCCCCCCCC1. The Hall–Kier alpha value is -2.81. The molecule has 162 valence electrons. The first-order valence-electron chi connectivity index (χ1n) is 11.0. The van der Waals surface area contributed by atoms with Crippen molar-refractivity contribution < 1.29 is 14.3 Å². The van der Waals surface area contributed by atoms with Gasteiger partial charge in [-0.3, -0.25) is 4.79 Å². The normalized spacial score (nSPS) is 17.0. The summed E-state index contributed by atoms with van der Waals surface area (Å²) in [7, 11) is 1.29. The van der Waals surface area contributed by atoms with Gasteiger partial charge in [0, 0.05) is 12.2 Å². The van der Waals surface area contributed by atoms with Crippen molar-refractivity contribution in [1.82, 2.24) is 5.32 Å². The number of ether oxygens (including phenoxy) is 1. The minimum Gasteiger partial charge on any atom is -0.465 e. The van der Waals surface area contributed by atoms with Crippen LogP contribution in [0.4, 0.5) is 5.69 Å². The van der Waals surface area contributed by atoms with E-state index in [-0.39, 0.29) is 17.2 Å². The van der Waals surface area contributed by atoms with E-state index >= 15 is 0 Å². The number of para-hydroxylation sites is 1. The standard InChI is InChI=1S/C24H33N3O3/c1-30-24(29)21-15-11-12-16-22(21)27-23(28)19(17-25)18-26-20-13-9-7-5-3-2-4-6-8-10-14-20/h11-12,15-16,18,20,26H,2-10,13-14H2,1H3,(H,27,28)/b19-18-. The zero-order valence-electron chi connectivity index (χ0n) is 17.9. The molecule has 1 aliphatic carbocycles. The quantitative estimate of drug-likeness (QED) is 0.400. The number of carbonyl (C=O) groups is 2. The van der Waals surface area contributed by atoms with Gasteiger partial charge in [-0.15, -0.1) is 0 Å². The molecule has 6 heteroatoms. The minimum absolute atomic E-state index is 0.0132. The number of carbonyl (C=O) groups excluding carboxylic acids is 2. The maximum absolute atomic E-state index is 12.6. The summed E-state index contributed by atoms with van der Waals surface area (Å²) < 4.78 is 4.75. The second-order valence-electron chi connectivity index (χ2n) is 7.78. The fraction of sp³-hybridized carbons (Fsp3) is 0.542. The average Bonchev–Trinajstić information content (AvgIpc) is 2.75. The summed E-state index contributed by atoms with van der Waals surface area (Å²) in [6, 6.07) is 8.81. The van der Waals surface area contributed by atoms with Gasteiger partial charge in [0.2, 0.25) is 0 Å². The molecule has 1 fully saturated rings. The number of hydrogen-bond acceptors (Lipinski definition) is 5. The van der Waals surface area contributed by atoms with E-state index in [0.29, 0.717) is 5.69 Å². The van der Waals surface area contributed by atoms with Crippen molar-refractivity contribution in [2.24, 2.45) is 0 Å². The van der Waals surface area contributed by atoms with Gasteiger partial charge in [0.25, 0.3) is 5.91 Å². The van der Waals surface area contributed by atoms with Crippen LogP contribution in [0.3, 0.4) is 0 Å². The third-order valence-electron chi connectivity index (χ3n) is 5.51. The Labute approximate surface area is 179 Å². The van der Waals surface area contributed by atoms with E-state index in [2.05, 4.69) is 10.6 Å². The highest BCUT2D eigenvalue weighted by Gasteiger charge is 2.16. The van der Waals surface area contributed by atoms with Gasteiger partial charge in [-0.25, -0.2) is 4.79 Å². The van der Waals surface area contributed by atoms with Gasteiger partial charge in [-0.05, 0) is 25.0 Å². The second kappa shape index (κ2) is 13.4. The molecule has 1 amide bonds. The highest BCUT2D eigenvalue weighted by Crippen LogP contribution is 2.18. The maximum Gasteiger partial charge on any atom is 0.339 e. The maximum atomic E-state index is 12.6. The Morgan fingerprint density at radius 1 is 1.00 bits per heavy atom. The number of hydrogen-bond donors (Lipinski definition) is 2. The van der Waals surface area contributed by atoms with E-state index < -0.39 is 11.9 Å². The number of methoxy groups -OCH3 is 1. The van der Waals surface area contributed by atoms with Gasteiger partial charge in [-0.2, -0.15) is 5.26 Å². The summed E-state index contributed by atoms with van der Waals surface area (Å²) >= 11 is 0. The van der Waals surface area contributed by atoms with E-state index in [1.807, 2.05) is 6.07 Å². The van der Waals surface area contributed by atoms with Crippen LogP contribution in [-0.2, 0) is 9.53 Å². The van der Waals surface area contributed by atoms with Gasteiger partial charge >= 0.3 is 5.97 Å². The van der Waals surface area contributed by atoms with Crippen molar-refractivity contribution in [3.8, 4) is 6.07 Å². The van der Waals surface area contributed by atoms with Gasteiger partial charge in [0.05, 0.1) is 18.4 Å². The van der Waals surface area contributed by atoms with Crippen LogP contribution in [0.2, 0.25) is 0 Å². The number of amides is 1. The molecule has 0 atom stereocenters. The summed E-state index contributed by atoms with van der Waals surface area (Å²) in [5.74, 6) is -1.09. The zero-order chi connectivity index (χ0) is 21.6. The molecule has 0 saturated heterocycles. The molecule has 6 nitrogen and oxygen atoms in total. The molecule has 1 aliphatic rings. The molecule has 0 spiro atoms. The molecule has 2 N–H and O–H groups in total. The van der Waals surface area contributed by atoms with Crippen LogP contribution in [0.15, 0.2) is 36.0 Å². The van der Waals surface area contributed by atoms with Gasteiger partial charge < -0.3 is 15.4 Å². The summed E-state index contributed by atoms with van der Waals surface area (Å²) in [4.78, 5) is 24.5. The number of nitrogens with zero attached hydrogens (tertiary/aromatic N) is 1. The van der Waals surface area contributed by atoms with E-state index in [4.69, 9.17) is 4.74 Å². The zero-order valence-corrected chi connectivity index (χ0v) is 17.9. The first kappa shape index (κ1) is 23.5. The van der Waals surface area contributed by atoms with Crippen LogP contribution in [0, 0.1) is 11.3 Å². The molecule has 2 rings (SSSR count). The van der Waals surface area contributed by atoms with Gasteiger partial charge in [-0.1, -0.05) is 69.9 Å². The summed E-state index contributed by atoms with van der Waals surface area (Å²) in [5, 5.41) is 15.4. The molecular weight excluding hydrogens is 378 g/mol. The van der Waals surface area contributed by atoms with Crippen molar-refractivity contribution in [2.45, 2.75) is 76.7 Å². The minimum atomic E-state index is -0.547. The first-order valence-corrected chi connectivity index (χ1v) is 11.0. The number of nitrogens with one attached hydrogen (secondary N) is 2. The molecule has 30 heavy (non-hydrogen) atoms. The Balaban J connectivity index is 2.00. The highest BCUT2D eigenvalue weighted by molar-refractivity contribution is 6.09. The van der Waals surface area contributed by atoms with Gasteiger partial charge in [0.15, 0.2) is 0 Å². The number of esters is 1. The number of benzene rings is 1. The van der Waals surface area contributed by atoms with Crippen LogP contribution in [0.5, 0.6) is 0 Å². The Morgan fingerprint density at radius 3 is 2.13 bits per heavy atom. The van der Waals surface area contributed by atoms with Crippen molar-refractivity contribution in [2.75, 3.05) is 12.4 Å². The van der Waals surface area contributed by atoms with E-state index in [9.17, 15) is 14.9 Å². The van der Waals surface area contributed by atoms with Crippen LogP contribution in [0.1, 0.15) is 81.0 Å². The monoisotopic (exact) mass is 411 g/mol. The largest absolute Gasteiger partial charge is 0.465 e. The van der Waals surface area contributed by atoms with Crippen molar-refractivity contribution in [3.63, 3.8) is 0 Å². The van der Waals surface area contributed by atoms with Crippen molar-refractivity contribution >= 4 is 17.6 Å². The third-order valence-corrected chi connectivity index (χ3v) is 5.51. The molecule has 1 aromatic rings. The molecule has 1 saturated carbocycles. The lowest BCUT2D eigenvalue weighted by Gasteiger charge is -2.18.